The molecule has 4 rings (SSSR count). The molecule has 1 saturated heterocycles. The standard InChI is InChI=1S/C22H21N5O3S2/c1-30-14-8-6-13(7-9-14)12-24-27-22-26-20(29)18(32-22)10-19(28)25-21-16(11-23)15-4-2-3-5-17(15)31-21/h6-9,12,18H,2-5,10H2,1H3,(H,25,28)(H,26,27,29)/b24-12-/t18-/m1/s1. The summed E-state index contributed by atoms with van der Waals surface area (Å²) in [6, 6.07) is 9.55. The Hall–Kier alpha value is -3.16. The van der Waals surface area contributed by atoms with Crippen molar-refractivity contribution in [2.24, 2.45) is 10.2 Å². The van der Waals surface area contributed by atoms with Crippen LogP contribution in [0.4, 0.5) is 5.00 Å². The van der Waals surface area contributed by atoms with Crippen LogP contribution in [0.2, 0.25) is 0 Å². The molecule has 2 aliphatic rings. The second kappa shape index (κ2) is 9.97. The highest BCUT2D eigenvalue weighted by Crippen LogP contribution is 2.37. The summed E-state index contributed by atoms with van der Waals surface area (Å²) in [4.78, 5) is 26.0. The third kappa shape index (κ3) is 5.00. The Morgan fingerprint density at radius 3 is 2.88 bits per heavy atom. The Kier molecular flexibility index (Phi) is 6.87. The van der Waals surface area contributed by atoms with E-state index in [-0.39, 0.29) is 18.2 Å². The lowest BCUT2D eigenvalue weighted by Gasteiger charge is -2.09. The minimum Gasteiger partial charge on any atom is -0.497 e. The molecule has 2 N–H and O–H groups in total. The minimum atomic E-state index is -0.593. The van der Waals surface area contributed by atoms with Crippen molar-refractivity contribution in [3.05, 3.63) is 45.8 Å². The van der Waals surface area contributed by atoms with Gasteiger partial charge in [0.05, 0.1) is 18.9 Å². The van der Waals surface area contributed by atoms with Crippen LogP contribution in [0.5, 0.6) is 5.75 Å². The van der Waals surface area contributed by atoms with Gasteiger partial charge in [-0.15, -0.1) is 16.4 Å². The summed E-state index contributed by atoms with van der Waals surface area (Å²) < 4.78 is 5.11. The Bertz CT molecular complexity index is 1130. The zero-order valence-electron chi connectivity index (χ0n) is 17.4. The second-order valence-electron chi connectivity index (χ2n) is 7.30. The molecule has 2 aromatic rings. The number of amidine groups is 1. The van der Waals surface area contributed by atoms with E-state index in [1.807, 2.05) is 24.3 Å². The third-order valence-corrected chi connectivity index (χ3v) is 7.43. The number of methoxy groups -OCH3 is 1. The van der Waals surface area contributed by atoms with Crippen LogP contribution in [0.1, 0.15) is 40.8 Å². The van der Waals surface area contributed by atoms with Gasteiger partial charge in [0.1, 0.15) is 22.1 Å². The van der Waals surface area contributed by atoms with E-state index in [0.717, 1.165) is 42.6 Å². The first-order valence-electron chi connectivity index (χ1n) is 10.1. The lowest BCUT2D eigenvalue weighted by atomic mass is 9.96. The highest BCUT2D eigenvalue weighted by molar-refractivity contribution is 8.15. The smallest absolute Gasteiger partial charge is 0.240 e. The Balaban J connectivity index is 1.35. The van der Waals surface area contributed by atoms with E-state index in [4.69, 9.17) is 4.74 Å². The number of nitrogens with one attached hydrogen (secondary N) is 2. The molecule has 0 radical (unpaired) electrons. The molecule has 1 fully saturated rings. The lowest BCUT2D eigenvalue weighted by Crippen LogP contribution is -2.28. The van der Waals surface area contributed by atoms with E-state index in [0.29, 0.717) is 15.7 Å². The first-order chi connectivity index (χ1) is 15.6. The average molecular weight is 468 g/mol. The maximum Gasteiger partial charge on any atom is 0.240 e. The fraction of sp³-hybridized carbons (Fsp3) is 0.318. The molecule has 0 unspecified atom stereocenters. The van der Waals surface area contributed by atoms with E-state index in [2.05, 4.69) is 26.9 Å². The van der Waals surface area contributed by atoms with Crippen molar-refractivity contribution < 1.29 is 14.3 Å². The number of aryl methyl sites for hydroxylation is 1. The van der Waals surface area contributed by atoms with E-state index in [9.17, 15) is 14.9 Å². The zero-order valence-corrected chi connectivity index (χ0v) is 19.0. The highest BCUT2D eigenvalue weighted by Gasteiger charge is 2.33. The van der Waals surface area contributed by atoms with Crippen molar-refractivity contribution in [1.82, 2.24) is 5.32 Å². The Morgan fingerprint density at radius 1 is 1.34 bits per heavy atom. The van der Waals surface area contributed by atoms with Gasteiger partial charge < -0.3 is 15.4 Å². The SMILES string of the molecule is COc1ccc(/C=N\N=C2\NC(=O)[C@@H](CC(=O)Nc3sc4c(c3C#N)CCCC4)S2)cc1. The number of carbonyl (C=O) groups excluding carboxylic acids is 2. The molecule has 0 spiro atoms. The minimum absolute atomic E-state index is 0.00878. The fourth-order valence-corrected chi connectivity index (χ4v) is 5.72. The molecule has 2 amide bonds. The maximum absolute atomic E-state index is 12.6. The summed E-state index contributed by atoms with van der Waals surface area (Å²) in [5.41, 5.74) is 2.47. The molecular formula is C22H21N5O3S2. The summed E-state index contributed by atoms with van der Waals surface area (Å²) in [7, 11) is 1.60. The number of thiophene rings is 1. The van der Waals surface area contributed by atoms with Crippen LogP contribution in [0.3, 0.4) is 0 Å². The molecule has 8 nitrogen and oxygen atoms in total. The number of benzene rings is 1. The van der Waals surface area contributed by atoms with Crippen molar-refractivity contribution in [1.29, 1.82) is 5.26 Å². The highest BCUT2D eigenvalue weighted by atomic mass is 32.2. The Labute approximate surface area is 193 Å². The van der Waals surface area contributed by atoms with Crippen LogP contribution in [-0.2, 0) is 22.4 Å². The van der Waals surface area contributed by atoms with Gasteiger partial charge >= 0.3 is 0 Å². The summed E-state index contributed by atoms with van der Waals surface area (Å²) in [6.07, 6.45) is 5.55. The average Bonchev–Trinajstić information content (AvgIpc) is 3.32. The van der Waals surface area contributed by atoms with Gasteiger partial charge in [-0.1, -0.05) is 11.8 Å². The number of nitriles is 1. The van der Waals surface area contributed by atoms with E-state index in [1.54, 1.807) is 13.3 Å². The number of carbonyl (C=O) groups is 2. The van der Waals surface area contributed by atoms with E-state index >= 15 is 0 Å². The molecule has 1 atom stereocenters. The van der Waals surface area contributed by atoms with Gasteiger partial charge in [0.15, 0.2) is 5.17 Å². The van der Waals surface area contributed by atoms with Crippen molar-refractivity contribution in [3.63, 3.8) is 0 Å². The predicted octanol–water partition coefficient (Wildman–Crippen LogP) is 3.46. The van der Waals surface area contributed by atoms with Gasteiger partial charge in [0, 0.05) is 11.3 Å². The molecule has 0 bridgehead atoms. The molecule has 10 heteroatoms. The molecule has 1 aliphatic heterocycles. The topological polar surface area (TPSA) is 116 Å². The summed E-state index contributed by atoms with van der Waals surface area (Å²) in [5.74, 6) is 0.170. The number of thioether (sulfide) groups is 1. The molecule has 1 aromatic heterocycles. The van der Waals surface area contributed by atoms with Crippen molar-refractivity contribution >= 4 is 51.3 Å². The maximum atomic E-state index is 12.6. The molecule has 32 heavy (non-hydrogen) atoms. The van der Waals surface area contributed by atoms with Crippen LogP contribution in [-0.4, -0.2) is 35.6 Å². The summed E-state index contributed by atoms with van der Waals surface area (Å²) >= 11 is 2.64. The number of hydrogen-bond donors (Lipinski definition) is 2. The Morgan fingerprint density at radius 2 is 2.12 bits per heavy atom. The van der Waals surface area contributed by atoms with Gasteiger partial charge in [0.25, 0.3) is 0 Å². The van der Waals surface area contributed by atoms with Gasteiger partial charge in [-0.25, -0.2) is 0 Å². The number of nitrogens with zero attached hydrogens (tertiary/aromatic N) is 3. The van der Waals surface area contributed by atoms with Crippen LogP contribution >= 0.6 is 23.1 Å². The lowest BCUT2D eigenvalue weighted by molar-refractivity contribution is -0.122. The molecular weight excluding hydrogens is 446 g/mol. The zero-order chi connectivity index (χ0) is 22.5. The van der Waals surface area contributed by atoms with Gasteiger partial charge in [-0.3, -0.25) is 9.59 Å². The van der Waals surface area contributed by atoms with Crippen LogP contribution < -0.4 is 15.4 Å². The number of fused-ring (bicyclic) bond motifs is 1. The van der Waals surface area contributed by atoms with E-state index < -0.39 is 5.25 Å². The van der Waals surface area contributed by atoms with Crippen molar-refractivity contribution in [2.75, 3.05) is 12.4 Å². The fourth-order valence-electron chi connectivity index (χ4n) is 3.54. The first-order valence-corrected chi connectivity index (χ1v) is 11.8. The quantitative estimate of drug-likeness (QED) is 0.499. The molecule has 1 aromatic carbocycles. The molecule has 0 saturated carbocycles. The number of anilines is 1. The normalized spacial score (nSPS) is 18.9. The van der Waals surface area contributed by atoms with Gasteiger partial charge in [0.2, 0.25) is 11.8 Å². The number of amides is 2. The predicted molar refractivity (Wildman–Crippen MR) is 126 cm³/mol. The largest absolute Gasteiger partial charge is 0.497 e. The van der Waals surface area contributed by atoms with E-state index in [1.165, 1.54) is 28.0 Å². The number of rotatable bonds is 6. The second-order valence-corrected chi connectivity index (χ2v) is 9.59. The van der Waals surface area contributed by atoms with Gasteiger partial charge in [-0.2, -0.15) is 10.4 Å². The van der Waals surface area contributed by atoms with Gasteiger partial charge in [-0.05, 0) is 61.1 Å². The monoisotopic (exact) mass is 467 g/mol. The number of hydrogen-bond acceptors (Lipinski definition) is 8. The van der Waals surface area contributed by atoms with Crippen LogP contribution in [0, 0.1) is 11.3 Å². The first kappa shape index (κ1) is 22.0. The summed E-state index contributed by atoms with van der Waals surface area (Å²) in [6.45, 7) is 0. The molecule has 164 valence electrons. The van der Waals surface area contributed by atoms with Crippen LogP contribution in [0.15, 0.2) is 34.5 Å². The third-order valence-electron chi connectivity index (χ3n) is 5.15. The summed E-state index contributed by atoms with van der Waals surface area (Å²) in [5, 5.41) is 23.4. The number of ether oxygens (including phenoxy) is 1. The molecule has 2 heterocycles. The molecule has 1 aliphatic carbocycles. The van der Waals surface area contributed by atoms with Crippen molar-refractivity contribution in [2.45, 2.75) is 37.4 Å². The van der Waals surface area contributed by atoms with Crippen molar-refractivity contribution in [3.8, 4) is 11.8 Å². The van der Waals surface area contributed by atoms with Crippen LogP contribution in [0.25, 0.3) is 0 Å².